The van der Waals surface area contributed by atoms with Crippen molar-refractivity contribution in [3.05, 3.63) is 0 Å². The predicted molar refractivity (Wildman–Crippen MR) is 54.3 cm³/mol. The van der Waals surface area contributed by atoms with Gasteiger partial charge in [-0.15, -0.1) is 0 Å². The number of carboxylic acid groups (broad SMARTS) is 2. The first-order valence-electron chi connectivity index (χ1n) is 4.92. The van der Waals surface area contributed by atoms with Gasteiger partial charge < -0.3 is 10.2 Å². The Balaban J connectivity index is 0. The van der Waals surface area contributed by atoms with Gasteiger partial charge in [-0.05, 0) is 5.92 Å². The van der Waals surface area contributed by atoms with Gasteiger partial charge >= 0.3 is 6.16 Å². The molecule has 2 N–H and O–H groups in total. The summed E-state index contributed by atoms with van der Waals surface area (Å²) in [5, 5.41) is 13.9. The Morgan fingerprint density at radius 3 is 1.92 bits per heavy atom. The molecule has 0 aromatic carbocycles. The molecule has 0 bridgehead atoms. The lowest BCUT2D eigenvalue weighted by molar-refractivity contribution is 0.137. The Morgan fingerprint density at radius 2 is 1.62 bits per heavy atom. The number of rotatable bonds is 5. The summed E-state index contributed by atoms with van der Waals surface area (Å²) in [6.45, 7) is 6.85. The molecule has 0 aliphatic rings. The maximum Gasteiger partial charge on any atom is 0.503 e. The highest BCUT2D eigenvalue weighted by Crippen LogP contribution is 2.08. The molecule has 0 aromatic heterocycles. The first kappa shape index (κ1) is 14.8. The number of hydrogen-bond acceptors (Lipinski definition) is 1. The predicted octanol–water partition coefficient (Wildman–Crippen LogP) is 3.84. The summed E-state index contributed by atoms with van der Waals surface area (Å²) in [6.07, 6.45) is 5.24. The van der Waals surface area contributed by atoms with Gasteiger partial charge in [0, 0.05) is 0 Å². The summed E-state index contributed by atoms with van der Waals surface area (Å²) in [6, 6.07) is 0. The molecular weight excluding hydrogens is 168 g/mol. The van der Waals surface area contributed by atoms with Crippen molar-refractivity contribution >= 4 is 6.16 Å². The second-order valence-electron chi connectivity index (χ2n) is 3.53. The van der Waals surface area contributed by atoms with Crippen molar-refractivity contribution in [1.29, 1.82) is 0 Å². The molecule has 0 amide bonds. The van der Waals surface area contributed by atoms with E-state index in [1.165, 1.54) is 32.1 Å². The normalized spacial score (nSPS) is 9.23. The first-order valence-corrected chi connectivity index (χ1v) is 4.92. The first-order chi connectivity index (χ1) is 6.00. The van der Waals surface area contributed by atoms with Crippen LogP contribution in [0, 0.1) is 5.92 Å². The maximum absolute atomic E-state index is 8.56. The van der Waals surface area contributed by atoms with E-state index in [2.05, 4.69) is 20.8 Å². The summed E-state index contributed by atoms with van der Waals surface area (Å²) >= 11 is 0. The maximum atomic E-state index is 8.56. The zero-order valence-corrected chi connectivity index (χ0v) is 8.92. The molecule has 0 aliphatic carbocycles. The molecule has 0 aliphatic heterocycles. The Morgan fingerprint density at radius 1 is 1.15 bits per heavy atom. The molecule has 0 saturated carbocycles. The van der Waals surface area contributed by atoms with Gasteiger partial charge in [0.05, 0.1) is 0 Å². The summed E-state index contributed by atoms with van der Waals surface area (Å²) < 4.78 is 0. The van der Waals surface area contributed by atoms with Crippen LogP contribution in [0.15, 0.2) is 0 Å². The van der Waals surface area contributed by atoms with Gasteiger partial charge in [0.2, 0.25) is 0 Å². The summed E-state index contributed by atoms with van der Waals surface area (Å²) in [4.78, 5) is 8.56. The van der Waals surface area contributed by atoms with Crippen LogP contribution in [0.25, 0.3) is 0 Å². The van der Waals surface area contributed by atoms with Crippen LogP contribution in [-0.2, 0) is 0 Å². The molecule has 0 rings (SSSR count). The van der Waals surface area contributed by atoms with Crippen LogP contribution in [-0.4, -0.2) is 16.4 Å². The van der Waals surface area contributed by atoms with Gasteiger partial charge in [-0.2, -0.15) is 0 Å². The van der Waals surface area contributed by atoms with Gasteiger partial charge in [-0.25, -0.2) is 4.79 Å². The van der Waals surface area contributed by atoms with E-state index in [9.17, 15) is 0 Å². The minimum Gasteiger partial charge on any atom is -0.450 e. The topological polar surface area (TPSA) is 57.5 Å². The van der Waals surface area contributed by atoms with Crippen molar-refractivity contribution in [3.8, 4) is 0 Å². The van der Waals surface area contributed by atoms with Crippen LogP contribution in [0.2, 0.25) is 0 Å². The molecule has 0 fully saturated rings. The Kier molecular flexibility index (Phi) is 12.8. The molecule has 0 saturated heterocycles. The molecule has 0 unspecified atom stereocenters. The number of hydrogen-bond donors (Lipinski definition) is 2. The van der Waals surface area contributed by atoms with Gasteiger partial charge in [0.15, 0.2) is 0 Å². The van der Waals surface area contributed by atoms with Gasteiger partial charge in [0.1, 0.15) is 0 Å². The molecule has 0 spiro atoms. The molecule has 0 radical (unpaired) electrons. The van der Waals surface area contributed by atoms with Crippen molar-refractivity contribution in [2.75, 3.05) is 0 Å². The van der Waals surface area contributed by atoms with Gasteiger partial charge in [-0.1, -0.05) is 52.9 Å². The minimum absolute atomic E-state index is 0.904. The van der Waals surface area contributed by atoms with Crippen LogP contribution < -0.4 is 0 Å². The van der Waals surface area contributed by atoms with Gasteiger partial charge in [0.25, 0.3) is 0 Å². The molecule has 0 aromatic rings. The Labute approximate surface area is 80.8 Å². The van der Waals surface area contributed by atoms with E-state index in [0.717, 1.165) is 5.92 Å². The summed E-state index contributed by atoms with van der Waals surface area (Å²) in [5.74, 6) is 0.904. The molecule has 80 valence electrons. The van der Waals surface area contributed by atoms with E-state index >= 15 is 0 Å². The summed E-state index contributed by atoms with van der Waals surface area (Å²) in [5.41, 5.74) is 0. The van der Waals surface area contributed by atoms with E-state index in [1.54, 1.807) is 0 Å². The van der Waals surface area contributed by atoms with E-state index in [0.29, 0.717) is 0 Å². The van der Waals surface area contributed by atoms with Crippen LogP contribution in [0.5, 0.6) is 0 Å². The molecular formula is C10H22O3. The third-order valence-electron chi connectivity index (χ3n) is 1.64. The largest absolute Gasteiger partial charge is 0.503 e. The van der Waals surface area contributed by atoms with Crippen LogP contribution in [0.4, 0.5) is 4.79 Å². The SMILES string of the molecule is CCCCCCC(C)C.O=C(O)O. The average molecular weight is 190 g/mol. The van der Waals surface area contributed by atoms with E-state index < -0.39 is 6.16 Å². The molecule has 0 heterocycles. The van der Waals surface area contributed by atoms with Gasteiger partial charge in [-0.3, -0.25) is 0 Å². The van der Waals surface area contributed by atoms with E-state index in [4.69, 9.17) is 15.0 Å². The molecule has 3 nitrogen and oxygen atoms in total. The quantitative estimate of drug-likeness (QED) is 0.647. The average Bonchev–Trinajstić information content (AvgIpc) is 1.97. The van der Waals surface area contributed by atoms with Crippen molar-refractivity contribution < 1.29 is 15.0 Å². The molecule has 3 heteroatoms. The van der Waals surface area contributed by atoms with Crippen molar-refractivity contribution in [3.63, 3.8) is 0 Å². The molecule has 0 atom stereocenters. The van der Waals surface area contributed by atoms with E-state index in [1.807, 2.05) is 0 Å². The second-order valence-corrected chi connectivity index (χ2v) is 3.53. The fraction of sp³-hybridized carbons (Fsp3) is 0.900. The zero-order chi connectivity index (χ0) is 10.7. The highest BCUT2D eigenvalue weighted by Gasteiger charge is 1.91. The standard InChI is InChI=1S/C9H20.CH2O3/c1-4-5-6-7-8-9(2)3;2-1(3)4/h9H,4-8H2,1-3H3;(H2,2,3,4). The highest BCUT2D eigenvalue weighted by molar-refractivity contribution is 5.53. The summed E-state index contributed by atoms with van der Waals surface area (Å²) in [7, 11) is 0. The Hall–Kier alpha value is -0.730. The van der Waals surface area contributed by atoms with Crippen LogP contribution in [0.1, 0.15) is 52.9 Å². The lowest BCUT2D eigenvalue weighted by atomic mass is 10.1. The van der Waals surface area contributed by atoms with Crippen molar-refractivity contribution in [1.82, 2.24) is 0 Å². The van der Waals surface area contributed by atoms with Crippen LogP contribution in [0.3, 0.4) is 0 Å². The Bertz CT molecular complexity index is 107. The highest BCUT2D eigenvalue weighted by atomic mass is 16.6. The van der Waals surface area contributed by atoms with E-state index in [-0.39, 0.29) is 0 Å². The number of carbonyl (C=O) groups is 1. The van der Waals surface area contributed by atoms with Crippen LogP contribution >= 0.6 is 0 Å². The third-order valence-corrected chi connectivity index (χ3v) is 1.64. The van der Waals surface area contributed by atoms with Crippen molar-refractivity contribution in [2.24, 2.45) is 5.92 Å². The minimum atomic E-state index is -1.83. The second kappa shape index (κ2) is 11.3. The smallest absolute Gasteiger partial charge is 0.450 e. The number of unbranched alkanes of at least 4 members (excludes halogenated alkanes) is 3. The monoisotopic (exact) mass is 190 g/mol. The molecule has 13 heavy (non-hydrogen) atoms. The lowest BCUT2D eigenvalue weighted by Gasteiger charge is -2.01. The van der Waals surface area contributed by atoms with Crippen molar-refractivity contribution in [2.45, 2.75) is 52.9 Å². The fourth-order valence-electron chi connectivity index (χ4n) is 0.979. The third kappa shape index (κ3) is 34.9. The fourth-order valence-corrected chi connectivity index (χ4v) is 0.979. The zero-order valence-electron chi connectivity index (χ0n) is 8.92. The lowest BCUT2D eigenvalue weighted by Crippen LogP contribution is -1.86.